The summed E-state index contributed by atoms with van der Waals surface area (Å²) in [5.41, 5.74) is 0.280. The van der Waals surface area contributed by atoms with E-state index in [1.165, 1.54) is 24.3 Å². The molecule has 1 aromatic rings. The molecule has 0 saturated heterocycles. The van der Waals surface area contributed by atoms with Crippen LogP contribution in [0.2, 0.25) is 0 Å². The normalized spacial score (nSPS) is 9.62. The van der Waals surface area contributed by atoms with Crippen LogP contribution in [0.15, 0.2) is 24.3 Å². The fourth-order valence-corrected chi connectivity index (χ4v) is 0.871. The molecule has 0 bridgehead atoms. The number of rotatable bonds is 3. The van der Waals surface area contributed by atoms with Gasteiger partial charge in [-0.3, -0.25) is 14.9 Å². The first kappa shape index (κ1) is 9.34. The first-order chi connectivity index (χ1) is 6.15. The van der Waals surface area contributed by atoms with E-state index in [9.17, 15) is 14.9 Å². The van der Waals surface area contributed by atoms with Gasteiger partial charge in [-0.1, -0.05) is 0 Å². The van der Waals surface area contributed by atoms with E-state index in [1.807, 2.05) is 0 Å². The summed E-state index contributed by atoms with van der Waals surface area (Å²) in [6, 6.07) is 5.22. The van der Waals surface area contributed by atoms with Crippen molar-refractivity contribution in [3.05, 3.63) is 39.9 Å². The van der Waals surface area contributed by atoms with E-state index in [2.05, 4.69) is 0 Å². The average molecular weight is 182 g/mol. The Morgan fingerprint density at radius 3 is 2.31 bits per heavy atom. The Morgan fingerprint density at radius 2 is 1.92 bits per heavy atom. The maximum Gasteiger partial charge on any atom is 0.269 e. The molecule has 0 heterocycles. The maximum atomic E-state index is 10.9. The predicted molar refractivity (Wildman–Crippen MR) is 45.9 cm³/mol. The highest BCUT2D eigenvalue weighted by Gasteiger charge is 2.09. The molecular weight excluding hydrogens is 174 g/mol. The molecular formula is C8H8NO4+. The van der Waals surface area contributed by atoms with Crippen molar-refractivity contribution >= 4 is 11.5 Å². The van der Waals surface area contributed by atoms with E-state index in [0.29, 0.717) is 5.56 Å². The number of nitro benzene ring substituents is 1. The van der Waals surface area contributed by atoms with Crippen LogP contribution >= 0.6 is 0 Å². The van der Waals surface area contributed by atoms with Crippen LogP contribution in [-0.2, 0) is 0 Å². The Labute approximate surface area is 73.8 Å². The average Bonchev–Trinajstić information content (AvgIpc) is 2.17. The first-order valence-electron chi connectivity index (χ1n) is 3.57. The number of nitrogens with zero attached hydrogens (tertiary/aromatic N) is 1. The van der Waals surface area contributed by atoms with Crippen molar-refractivity contribution in [2.75, 3.05) is 6.61 Å². The maximum absolute atomic E-state index is 10.9. The van der Waals surface area contributed by atoms with E-state index in [4.69, 9.17) is 5.11 Å². The largest absolute Gasteiger partial charge is 0.439 e. The molecule has 0 saturated carbocycles. The van der Waals surface area contributed by atoms with Crippen LogP contribution in [0.4, 0.5) is 5.69 Å². The van der Waals surface area contributed by atoms with Gasteiger partial charge in [0, 0.05) is 17.7 Å². The van der Waals surface area contributed by atoms with Crippen LogP contribution in [0, 0.1) is 10.1 Å². The highest BCUT2D eigenvalue weighted by Crippen LogP contribution is 2.11. The Kier molecular flexibility index (Phi) is 2.71. The zero-order valence-electron chi connectivity index (χ0n) is 6.69. The second-order valence-electron chi connectivity index (χ2n) is 2.40. The molecule has 0 aromatic heterocycles. The molecule has 0 atom stereocenters. The molecule has 0 radical (unpaired) electrons. The molecule has 2 N–H and O–H groups in total. The molecule has 0 amide bonds. The quantitative estimate of drug-likeness (QED) is 0.295. The molecule has 13 heavy (non-hydrogen) atoms. The number of hydrogen-bond acceptors (Lipinski definition) is 3. The van der Waals surface area contributed by atoms with Gasteiger partial charge in [-0.05, 0) is 12.1 Å². The van der Waals surface area contributed by atoms with Crippen molar-refractivity contribution in [3.63, 3.8) is 0 Å². The van der Waals surface area contributed by atoms with E-state index >= 15 is 0 Å². The molecule has 0 unspecified atom stereocenters. The zero-order chi connectivity index (χ0) is 9.84. The van der Waals surface area contributed by atoms with Crippen molar-refractivity contribution in [1.29, 1.82) is 0 Å². The minimum absolute atomic E-state index is 0.0541. The smallest absolute Gasteiger partial charge is 0.269 e. The molecule has 0 aliphatic carbocycles. The lowest BCUT2D eigenvalue weighted by molar-refractivity contribution is -0.384. The fourth-order valence-electron chi connectivity index (χ4n) is 0.871. The Balaban J connectivity index is 2.93. The molecule has 1 rings (SSSR count). The second kappa shape index (κ2) is 3.77. The van der Waals surface area contributed by atoms with Gasteiger partial charge in [-0.25, -0.2) is 0 Å². The summed E-state index contributed by atoms with van der Waals surface area (Å²) < 4.78 is 0. The number of carbonyl (C=O) groups excluding carboxylic acids is 1. The summed E-state index contributed by atoms with van der Waals surface area (Å²) in [5, 5.41) is 17.0. The second-order valence-corrected chi connectivity index (χ2v) is 2.40. The van der Waals surface area contributed by atoms with Gasteiger partial charge < -0.3 is 5.11 Å². The van der Waals surface area contributed by atoms with Gasteiger partial charge in [0.25, 0.3) is 5.69 Å². The summed E-state index contributed by atoms with van der Waals surface area (Å²) in [6.45, 7) is -0.336. The van der Waals surface area contributed by atoms with Crippen LogP contribution in [0.5, 0.6) is 0 Å². The third kappa shape index (κ3) is 2.09. The van der Waals surface area contributed by atoms with Gasteiger partial charge in [0.1, 0.15) is 0 Å². The van der Waals surface area contributed by atoms with Crippen LogP contribution < -0.4 is 0 Å². The lowest BCUT2D eigenvalue weighted by Crippen LogP contribution is -2.03. The van der Waals surface area contributed by atoms with Crippen LogP contribution in [0.3, 0.4) is 0 Å². The summed E-state index contributed by atoms with van der Waals surface area (Å²) in [5.74, 6) is -0.338. The van der Waals surface area contributed by atoms with E-state index < -0.39 is 4.92 Å². The number of ketones is 1. The summed E-state index contributed by atoms with van der Waals surface area (Å²) >= 11 is 0. The lowest BCUT2D eigenvalue weighted by atomic mass is 10.1. The van der Waals surface area contributed by atoms with Crippen LogP contribution in [0.1, 0.15) is 10.4 Å². The van der Waals surface area contributed by atoms with Crippen molar-refractivity contribution in [2.45, 2.75) is 0 Å². The predicted octanol–water partition coefficient (Wildman–Crippen LogP) is 0.502. The van der Waals surface area contributed by atoms with Crippen LogP contribution in [0.25, 0.3) is 0 Å². The summed E-state index contributed by atoms with van der Waals surface area (Å²) in [6.07, 6.45) is 0. The van der Waals surface area contributed by atoms with Crippen molar-refractivity contribution in [2.24, 2.45) is 0 Å². The summed E-state index contributed by atoms with van der Waals surface area (Å²) in [7, 11) is 0. The highest BCUT2D eigenvalue weighted by molar-refractivity contribution is 5.97. The number of nitro groups is 1. The molecule has 0 aliphatic rings. The topological polar surface area (TPSA) is 83.1 Å². The number of hydrogen-bond donors (Lipinski definition) is 0. The van der Waals surface area contributed by atoms with Crippen LogP contribution in [-0.4, -0.2) is 22.4 Å². The Bertz CT molecular complexity index is 331. The lowest BCUT2D eigenvalue weighted by Gasteiger charge is -1.94. The van der Waals surface area contributed by atoms with Crippen molar-refractivity contribution < 1.29 is 14.8 Å². The third-order valence-corrected chi connectivity index (χ3v) is 1.56. The van der Waals surface area contributed by atoms with E-state index in [-0.39, 0.29) is 18.1 Å². The van der Waals surface area contributed by atoms with Gasteiger partial charge in [-0.2, -0.15) is 0 Å². The molecule has 1 aromatic carbocycles. The van der Waals surface area contributed by atoms with E-state index in [0.717, 1.165) is 0 Å². The molecule has 5 nitrogen and oxygen atoms in total. The summed E-state index contributed by atoms with van der Waals surface area (Å²) in [4.78, 5) is 20.6. The SMILES string of the molecule is O=C(C[OH2+])c1ccc([N+](=O)[O-])cc1. The zero-order valence-corrected chi connectivity index (χ0v) is 6.69. The standard InChI is InChI=1S/C8H7NO4/c10-5-8(11)6-1-3-7(4-2-6)9(12)13/h1-4,10H,5H2/p+1. The Morgan fingerprint density at radius 1 is 1.38 bits per heavy atom. The van der Waals surface area contributed by atoms with Gasteiger partial charge >= 0.3 is 0 Å². The van der Waals surface area contributed by atoms with Gasteiger partial charge in [0.05, 0.1) is 4.92 Å². The number of benzene rings is 1. The molecule has 0 fully saturated rings. The molecule has 68 valence electrons. The van der Waals surface area contributed by atoms with Gasteiger partial charge in [-0.15, -0.1) is 0 Å². The minimum atomic E-state index is -0.533. The minimum Gasteiger partial charge on any atom is -0.439 e. The van der Waals surface area contributed by atoms with E-state index in [1.54, 1.807) is 0 Å². The fraction of sp³-hybridized carbons (Fsp3) is 0.125. The van der Waals surface area contributed by atoms with Gasteiger partial charge in [0.15, 0.2) is 0 Å². The van der Waals surface area contributed by atoms with Crippen molar-refractivity contribution in [3.8, 4) is 0 Å². The molecule has 0 spiro atoms. The molecule has 0 aliphatic heterocycles. The van der Waals surface area contributed by atoms with Crippen molar-refractivity contribution in [1.82, 2.24) is 0 Å². The number of carbonyl (C=O) groups is 1. The number of Topliss-reactive ketones (excluding diaryl/α,β-unsaturated/α-hetero) is 1. The molecule has 5 heteroatoms. The first-order valence-corrected chi connectivity index (χ1v) is 3.57. The monoisotopic (exact) mass is 182 g/mol. The third-order valence-electron chi connectivity index (χ3n) is 1.56. The highest BCUT2D eigenvalue weighted by atomic mass is 16.6. The number of non-ortho nitro benzene ring substituents is 1. The Hall–Kier alpha value is -1.75. The van der Waals surface area contributed by atoms with Gasteiger partial charge in [0.2, 0.25) is 12.4 Å².